The molecule has 0 radical (unpaired) electrons. The smallest absolute Gasteiger partial charge is 0.132 e. The molecular weight excluding hydrogens is 203 g/mol. The van der Waals surface area contributed by atoms with E-state index in [-0.39, 0.29) is 5.82 Å². The topological polar surface area (TPSA) is 17.1 Å². The van der Waals surface area contributed by atoms with Gasteiger partial charge in [0.15, 0.2) is 0 Å². The van der Waals surface area contributed by atoms with Crippen LogP contribution >= 0.6 is 0 Å². The molecule has 88 valence electrons. The number of ketones is 1. The summed E-state index contributed by atoms with van der Waals surface area (Å²) in [7, 11) is 0. The summed E-state index contributed by atoms with van der Waals surface area (Å²) in [6, 6.07) is 4.83. The van der Waals surface area contributed by atoms with Crippen LogP contribution in [0, 0.1) is 12.7 Å². The van der Waals surface area contributed by atoms with E-state index in [1.165, 1.54) is 6.07 Å². The molecule has 1 aromatic carbocycles. The number of rotatable bonds is 6. The van der Waals surface area contributed by atoms with Crippen molar-refractivity contribution < 1.29 is 9.18 Å². The fourth-order valence-corrected chi connectivity index (χ4v) is 1.79. The van der Waals surface area contributed by atoms with Gasteiger partial charge < -0.3 is 0 Å². The predicted octanol–water partition coefficient (Wildman–Crippen LogP) is 3.83. The molecule has 1 nitrogen and oxygen atoms in total. The standard InChI is InChI=1S/C14H19FO/c1-3-5-14(16)7-4-6-12-10-13(15)9-8-11(12)2/h8-10H,3-7H2,1-2H3. The van der Waals surface area contributed by atoms with Crippen molar-refractivity contribution in [2.45, 2.75) is 46.0 Å². The third-order valence-electron chi connectivity index (χ3n) is 2.74. The van der Waals surface area contributed by atoms with Crippen LogP contribution in [0.4, 0.5) is 4.39 Å². The Bertz CT molecular complexity index is 358. The maximum absolute atomic E-state index is 13.0. The van der Waals surface area contributed by atoms with E-state index in [0.29, 0.717) is 18.6 Å². The molecular formula is C14H19FO. The first-order valence-corrected chi connectivity index (χ1v) is 5.90. The van der Waals surface area contributed by atoms with Crippen LogP contribution in [0.25, 0.3) is 0 Å². The van der Waals surface area contributed by atoms with E-state index in [9.17, 15) is 9.18 Å². The first kappa shape index (κ1) is 12.9. The Morgan fingerprint density at radius 3 is 2.75 bits per heavy atom. The van der Waals surface area contributed by atoms with Gasteiger partial charge in [-0.3, -0.25) is 4.79 Å². The molecule has 0 amide bonds. The van der Waals surface area contributed by atoms with Gasteiger partial charge >= 0.3 is 0 Å². The Morgan fingerprint density at radius 2 is 2.06 bits per heavy atom. The van der Waals surface area contributed by atoms with E-state index >= 15 is 0 Å². The van der Waals surface area contributed by atoms with Gasteiger partial charge in [0.2, 0.25) is 0 Å². The number of Topliss-reactive ketones (excluding diaryl/α,β-unsaturated/α-hetero) is 1. The second-order valence-electron chi connectivity index (χ2n) is 4.21. The van der Waals surface area contributed by atoms with E-state index in [0.717, 1.165) is 30.4 Å². The maximum atomic E-state index is 13.0. The van der Waals surface area contributed by atoms with Gasteiger partial charge in [0.1, 0.15) is 11.6 Å². The van der Waals surface area contributed by atoms with Crippen LogP contribution < -0.4 is 0 Å². The molecule has 1 rings (SSSR count). The summed E-state index contributed by atoms with van der Waals surface area (Å²) in [4.78, 5) is 11.3. The van der Waals surface area contributed by atoms with E-state index in [1.54, 1.807) is 12.1 Å². The number of benzene rings is 1. The zero-order chi connectivity index (χ0) is 12.0. The van der Waals surface area contributed by atoms with Crippen LogP contribution in [-0.4, -0.2) is 5.78 Å². The van der Waals surface area contributed by atoms with Gasteiger partial charge in [0, 0.05) is 12.8 Å². The predicted molar refractivity (Wildman–Crippen MR) is 64.0 cm³/mol. The van der Waals surface area contributed by atoms with E-state index in [2.05, 4.69) is 0 Å². The summed E-state index contributed by atoms with van der Waals surface area (Å²) >= 11 is 0. The monoisotopic (exact) mass is 222 g/mol. The minimum atomic E-state index is -0.194. The first-order chi connectivity index (χ1) is 7.63. The summed E-state index contributed by atoms with van der Waals surface area (Å²) in [6.07, 6.45) is 3.81. The molecule has 0 unspecified atom stereocenters. The van der Waals surface area contributed by atoms with Crippen LogP contribution in [0.3, 0.4) is 0 Å². The highest BCUT2D eigenvalue weighted by atomic mass is 19.1. The second kappa shape index (κ2) is 6.41. The van der Waals surface area contributed by atoms with Gasteiger partial charge in [-0.1, -0.05) is 13.0 Å². The molecule has 0 atom stereocenters. The summed E-state index contributed by atoms with van der Waals surface area (Å²) in [5, 5.41) is 0. The van der Waals surface area contributed by atoms with E-state index < -0.39 is 0 Å². The normalized spacial score (nSPS) is 10.4. The Labute approximate surface area is 96.7 Å². The van der Waals surface area contributed by atoms with Crippen molar-refractivity contribution in [1.82, 2.24) is 0 Å². The molecule has 1 aromatic rings. The average Bonchev–Trinajstić information content (AvgIpc) is 2.23. The van der Waals surface area contributed by atoms with E-state index in [4.69, 9.17) is 0 Å². The summed E-state index contributed by atoms with van der Waals surface area (Å²) in [5.74, 6) is 0.122. The number of carbonyl (C=O) groups is 1. The summed E-state index contributed by atoms with van der Waals surface area (Å²) < 4.78 is 13.0. The van der Waals surface area contributed by atoms with Crippen molar-refractivity contribution in [3.05, 3.63) is 35.1 Å². The largest absolute Gasteiger partial charge is 0.300 e. The molecule has 0 saturated carbocycles. The zero-order valence-corrected chi connectivity index (χ0v) is 10.1. The van der Waals surface area contributed by atoms with Crippen molar-refractivity contribution in [1.29, 1.82) is 0 Å². The summed E-state index contributed by atoms with van der Waals surface area (Å²) in [5.41, 5.74) is 2.12. The Morgan fingerprint density at radius 1 is 1.31 bits per heavy atom. The quantitative estimate of drug-likeness (QED) is 0.715. The van der Waals surface area contributed by atoms with Crippen LogP contribution in [0.5, 0.6) is 0 Å². The van der Waals surface area contributed by atoms with Gasteiger partial charge in [0.05, 0.1) is 0 Å². The second-order valence-corrected chi connectivity index (χ2v) is 4.21. The maximum Gasteiger partial charge on any atom is 0.132 e. The molecule has 16 heavy (non-hydrogen) atoms. The minimum absolute atomic E-state index is 0.194. The number of hydrogen-bond donors (Lipinski definition) is 0. The Kier molecular flexibility index (Phi) is 5.17. The number of hydrogen-bond acceptors (Lipinski definition) is 1. The molecule has 2 heteroatoms. The van der Waals surface area contributed by atoms with Gasteiger partial charge in [-0.05, 0) is 49.4 Å². The number of aryl methyl sites for hydroxylation is 2. The van der Waals surface area contributed by atoms with Crippen LogP contribution in [0.15, 0.2) is 18.2 Å². The van der Waals surface area contributed by atoms with Crippen molar-refractivity contribution >= 4 is 5.78 Å². The van der Waals surface area contributed by atoms with Gasteiger partial charge in [-0.2, -0.15) is 0 Å². The fraction of sp³-hybridized carbons (Fsp3) is 0.500. The Hall–Kier alpha value is -1.18. The number of halogens is 1. The van der Waals surface area contributed by atoms with Crippen LogP contribution in [0.2, 0.25) is 0 Å². The lowest BCUT2D eigenvalue weighted by Gasteiger charge is -2.05. The molecule has 0 aliphatic rings. The molecule has 0 N–H and O–H groups in total. The molecule has 0 fully saturated rings. The highest BCUT2D eigenvalue weighted by Gasteiger charge is 2.03. The van der Waals surface area contributed by atoms with Crippen molar-refractivity contribution in [2.75, 3.05) is 0 Å². The first-order valence-electron chi connectivity index (χ1n) is 5.90. The third kappa shape index (κ3) is 4.13. The highest BCUT2D eigenvalue weighted by Crippen LogP contribution is 2.13. The van der Waals surface area contributed by atoms with Crippen LogP contribution in [0.1, 0.15) is 43.7 Å². The summed E-state index contributed by atoms with van der Waals surface area (Å²) in [6.45, 7) is 3.98. The van der Waals surface area contributed by atoms with E-state index in [1.807, 2.05) is 13.8 Å². The van der Waals surface area contributed by atoms with Gasteiger partial charge in [-0.15, -0.1) is 0 Å². The molecule has 0 aliphatic heterocycles. The molecule has 0 aromatic heterocycles. The van der Waals surface area contributed by atoms with Gasteiger partial charge in [-0.25, -0.2) is 4.39 Å². The molecule has 0 bridgehead atoms. The highest BCUT2D eigenvalue weighted by molar-refractivity contribution is 5.78. The molecule has 0 saturated heterocycles. The molecule has 0 aliphatic carbocycles. The van der Waals surface area contributed by atoms with Crippen molar-refractivity contribution in [3.63, 3.8) is 0 Å². The van der Waals surface area contributed by atoms with Crippen molar-refractivity contribution in [2.24, 2.45) is 0 Å². The lowest BCUT2D eigenvalue weighted by atomic mass is 10.0. The van der Waals surface area contributed by atoms with Crippen molar-refractivity contribution in [3.8, 4) is 0 Å². The van der Waals surface area contributed by atoms with Gasteiger partial charge in [0.25, 0.3) is 0 Å². The Balaban J connectivity index is 2.42. The molecule has 0 heterocycles. The number of carbonyl (C=O) groups excluding carboxylic acids is 1. The third-order valence-corrected chi connectivity index (χ3v) is 2.74. The fourth-order valence-electron chi connectivity index (χ4n) is 1.79. The SMILES string of the molecule is CCCC(=O)CCCc1cc(F)ccc1C. The average molecular weight is 222 g/mol. The lowest BCUT2D eigenvalue weighted by molar-refractivity contribution is -0.119. The van der Waals surface area contributed by atoms with Crippen LogP contribution in [-0.2, 0) is 11.2 Å². The minimum Gasteiger partial charge on any atom is -0.300 e. The molecule has 0 spiro atoms. The zero-order valence-electron chi connectivity index (χ0n) is 10.1. The lowest BCUT2D eigenvalue weighted by Crippen LogP contribution is -1.99.